The van der Waals surface area contributed by atoms with Gasteiger partial charge >= 0.3 is 0 Å². The summed E-state index contributed by atoms with van der Waals surface area (Å²) in [5.41, 5.74) is 21.5. The van der Waals surface area contributed by atoms with Crippen LogP contribution in [0.4, 0.5) is 17.1 Å². The van der Waals surface area contributed by atoms with Crippen LogP contribution in [0.1, 0.15) is 0 Å². The van der Waals surface area contributed by atoms with Gasteiger partial charge < -0.3 is 9.32 Å². The van der Waals surface area contributed by atoms with Gasteiger partial charge in [0.05, 0.1) is 0 Å². The van der Waals surface area contributed by atoms with Gasteiger partial charge in [0.1, 0.15) is 11.2 Å². The third-order valence-electron chi connectivity index (χ3n) is 13.2. The van der Waals surface area contributed by atoms with E-state index in [1.165, 1.54) is 61.2 Å². The average Bonchev–Trinajstić information content (AvgIpc) is 3.81. The second-order valence-corrected chi connectivity index (χ2v) is 17.2. The predicted octanol–water partition coefficient (Wildman–Crippen LogP) is 18.7. The second kappa shape index (κ2) is 17.8. The van der Waals surface area contributed by atoms with Crippen molar-refractivity contribution in [1.29, 1.82) is 0 Å². The lowest BCUT2D eigenvalue weighted by atomic mass is 9.87. The van der Waals surface area contributed by atoms with E-state index in [-0.39, 0.29) is 0 Å². The minimum absolute atomic E-state index is 0.900. The molecule has 12 rings (SSSR count). The number of hydrogen-bond donors (Lipinski definition) is 0. The third kappa shape index (κ3) is 7.64. The summed E-state index contributed by atoms with van der Waals surface area (Å²) >= 11 is 0. The molecule has 0 aliphatic heterocycles. The highest BCUT2D eigenvalue weighted by Crippen LogP contribution is 2.44. The quantitative estimate of drug-likeness (QED) is 0.136. The number of hydrogen-bond acceptors (Lipinski definition) is 2. The lowest BCUT2D eigenvalue weighted by Gasteiger charge is -2.26. The molecule has 1 aromatic heterocycles. The van der Waals surface area contributed by atoms with E-state index in [4.69, 9.17) is 4.42 Å². The molecule has 0 unspecified atom stereocenters. The standard InChI is InChI=1S/C66H45NO/c1-3-16-46(17-4-1)47-30-32-48(33-31-47)49-34-40-53(41-35-49)67(55-44-38-52(39-45-55)58-27-15-28-64-63-26-13-14-29-65(63)68-66(58)64)54-42-36-51(37-43-54)57-21-8-10-23-60(57)62-25-12-11-24-61(62)59-22-9-7-20-56(59)50-18-5-2-6-19-50/h1-45H. The molecule has 0 saturated heterocycles. The van der Waals surface area contributed by atoms with E-state index in [1.807, 2.05) is 12.1 Å². The molecule has 0 spiro atoms. The number of rotatable bonds is 10. The van der Waals surface area contributed by atoms with Crippen molar-refractivity contribution >= 4 is 39.0 Å². The molecule has 2 nitrogen and oxygen atoms in total. The molecular formula is C66H45NO. The predicted molar refractivity (Wildman–Crippen MR) is 286 cm³/mol. The van der Waals surface area contributed by atoms with Crippen molar-refractivity contribution in [3.8, 4) is 77.9 Å². The first-order valence-corrected chi connectivity index (χ1v) is 23.2. The molecule has 68 heavy (non-hydrogen) atoms. The molecule has 0 N–H and O–H groups in total. The van der Waals surface area contributed by atoms with E-state index >= 15 is 0 Å². The van der Waals surface area contributed by atoms with Crippen LogP contribution in [0.25, 0.3) is 99.8 Å². The zero-order valence-corrected chi connectivity index (χ0v) is 37.3. The van der Waals surface area contributed by atoms with Gasteiger partial charge in [0.15, 0.2) is 0 Å². The average molecular weight is 868 g/mol. The summed E-state index contributed by atoms with van der Waals surface area (Å²) in [5.74, 6) is 0. The Labute approximate surface area is 397 Å². The topological polar surface area (TPSA) is 16.4 Å². The van der Waals surface area contributed by atoms with Crippen LogP contribution in [-0.4, -0.2) is 0 Å². The Balaban J connectivity index is 0.916. The smallest absolute Gasteiger partial charge is 0.143 e. The van der Waals surface area contributed by atoms with Gasteiger partial charge in [0, 0.05) is 33.4 Å². The van der Waals surface area contributed by atoms with Gasteiger partial charge in [-0.15, -0.1) is 0 Å². The fourth-order valence-corrected chi connectivity index (χ4v) is 9.80. The van der Waals surface area contributed by atoms with Crippen LogP contribution in [0.3, 0.4) is 0 Å². The lowest BCUT2D eigenvalue weighted by molar-refractivity contribution is 0.670. The first-order chi connectivity index (χ1) is 33.7. The molecule has 0 aliphatic carbocycles. The van der Waals surface area contributed by atoms with Gasteiger partial charge in [-0.1, -0.05) is 231 Å². The van der Waals surface area contributed by atoms with Crippen LogP contribution >= 0.6 is 0 Å². The highest BCUT2D eigenvalue weighted by Gasteiger charge is 2.18. The molecule has 0 bridgehead atoms. The minimum Gasteiger partial charge on any atom is -0.455 e. The first-order valence-electron chi connectivity index (χ1n) is 23.2. The summed E-state index contributed by atoms with van der Waals surface area (Å²) in [6.45, 7) is 0. The van der Waals surface area contributed by atoms with Crippen LogP contribution in [0.5, 0.6) is 0 Å². The summed E-state index contributed by atoms with van der Waals surface area (Å²) in [4.78, 5) is 2.35. The maximum atomic E-state index is 6.46. The Bertz CT molecular complexity index is 3680. The Morgan fingerprint density at radius 2 is 0.515 bits per heavy atom. The maximum Gasteiger partial charge on any atom is 0.143 e. The van der Waals surface area contributed by atoms with Crippen molar-refractivity contribution in [2.75, 3.05) is 4.90 Å². The summed E-state index contributed by atoms with van der Waals surface area (Å²) in [6, 6.07) is 97.9. The van der Waals surface area contributed by atoms with Crippen LogP contribution in [0, 0.1) is 0 Å². The van der Waals surface area contributed by atoms with E-state index in [9.17, 15) is 0 Å². The summed E-state index contributed by atoms with van der Waals surface area (Å²) in [6.07, 6.45) is 0. The molecule has 0 atom stereocenters. The molecule has 0 fully saturated rings. The molecule has 0 radical (unpaired) electrons. The van der Waals surface area contributed by atoms with Crippen molar-refractivity contribution in [3.63, 3.8) is 0 Å². The van der Waals surface area contributed by atoms with Crippen molar-refractivity contribution < 1.29 is 4.42 Å². The van der Waals surface area contributed by atoms with Crippen molar-refractivity contribution in [3.05, 3.63) is 273 Å². The summed E-state index contributed by atoms with van der Waals surface area (Å²) in [7, 11) is 0. The number of benzene rings is 11. The number of para-hydroxylation sites is 2. The lowest BCUT2D eigenvalue weighted by Crippen LogP contribution is -2.09. The second-order valence-electron chi connectivity index (χ2n) is 17.2. The molecule has 12 aromatic rings. The Morgan fingerprint density at radius 3 is 1.01 bits per heavy atom. The number of fused-ring (bicyclic) bond motifs is 3. The van der Waals surface area contributed by atoms with Crippen molar-refractivity contribution in [2.45, 2.75) is 0 Å². The molecule has 1 heterocycles. The number of nitrogens with zero attached hydrogens (tertiary/aromatic N) is 1. The molecule has 0 saturated carbocycles. The van der Waals surface area contributed by atoms with Gasteiger partial charge in [-0.05, 0) is 115 Å². The van der Waals surface area contributed by atoms with Gasteiger partial charge in [0.2, 0.25) is 0 Å². The molecule has 320 valence electrons. The van der Waals surface area contributed by atoms with Gasteiger partial charge in [-0.2, -0.15) is 0 Å². The van der Waals surface area contributed by atoms with Crippen molar-refractivity contribution in [2.24, 2.45) is 0 Å². The van der Waals surface area contributed by atoms with E-state index in [1.54, 1.807) is 0 Å². The van der Waals surface area contributed by atoms with Gasteiger partial charge in [-0.25, -0.2) is 0 Å². The minimum atomic E-state index is 0.900. The van der Waals surface area contributed by atoms with Gasteiger partial charge in [-0.3, -0.25) is 0 Å². The largest absolute Gasteiger partial charge is 0.455 e. The normalized spacial score (nSPS) is 11.2. The fraction of sp³-hybridized carbons (Fsp3) is 0. The van der Waals surface area contributed by atoms with E-state index < -0.39 is 0 Å². The Morgan fingerprint density at radius 1 is 0.206 bits per heavy atom. The zero-order valence-electron chi connectivity index (χ0n) is 37.3. The number of furan rings is 1. The summed E-state index contributed by atoms with van der Waals surface area (Å²) < 4.78 is 6.46. The van der Waals surface area contributed by atoms with Crippen LogP contribution < -0.4 is 4.90 Å². The molecule has 0 aliphatic rings. The summed E-state index contributed by atoms with van der Waals surface area (Å²) in [5, 5.41) is 2.26. The van der Waals surface area contributed by atoms with Crippen LogP contribution in [-0.2, 0) is 0 Å². The highest BCUT2D eigenvalue weighted by molar-refractivity contribution is 6.09. The monoisotopic (exact) mass is 867 g/mol. The molecule has 2 heteroatoms. The van der Waals surface area contributed by atoms with Gasteiger partial charge in [0.25, 0.3) is 0 Å². The Hall–Kier alpha value is -8.98. The van der Waals surface area contributed by atoms with Crippen LogP contribution in [0.2, 0.25) is 0 Å². The van der Waals surface area contributed by atoms with Crippen LogP contribution in [0.15, 0.2) is 277 Å². The van der Waals surface area contributed by atoms with E-state index in [0.29, 0.717) is 0 Å². The Kier molecular flexibility index (Phi) is 10.6. The third-order valence-corrected chi connectivity index (χ3v) is 13.2. The van der Waals surface area contributed by atoms with Crippen molar-refractivity contribution in [1.82, 2.24) is 0 Å². The molecular weight excluding hydrogens is 823 g/mol. The molecule has 0 amide bonds. The maximum absolute atomic E-state index is 6.46. The van der Waals surface area contributed by atoms with E-state index in [2.05, 4.69) is 266 Å². The first kappa shape index (κ1) is 40.5. The fourth-order valence-electron chi connectivity index (χ4n) is 9.80. The highest BCUT2D eigenvalue weighted by atomic mass is 16.3. The molecule has 11 aromatic carbocycles. The van der Waals surface area contributed by atoms with E-state index in [0.717, 1.165) is 55.7 Å². The number of anilines is 3. The SMILES string of the molecule is c1ccc(-c2ccc(-c3ccc(N(c4ccc(-c5ccccc5-c5ccccc5-c5ccccc5-c5ccccc5)cc4)c4ccc(-c5cccc6c5oc5ccccc56)cc4)cc3)cc2)cc1. The zero-order chi connectivity index (χ0) is 45.2.